The molecule has 3 N–H and O–H groups in total. The fourth-order valence-electron chi connectivity index (χ4n) is 1.80. The standard InChI is InChI=1S/C11H21BrN4/c1-4-8(3)6-10(15-13)11-9(12)7-14-16(11)5-2/h7-8,10,15H,4-6,13H2,1-3H3. The molecule has 16 heavy (non-hydrogen) atoms. The lowest BCUT2D eigenvalue weighted by atomic mass is 9.98. The quantitative estimate of drug-likeness (QED) is 0.625. The summed E-state index contributed by atoms with van der Waals surface area (Å²) in [5.74, 6) is 6.29. The predicted octanol–water partition coefficient (Wildman–Crippen LogP) is 2.61. The molecule has 0 aliphatic rings. The molecule has 0 radical (unpaired) electrons. The minimum absolute atomic E-state index is 0.159. The van der Waals surface area contributed by atoms with Crippen molar-refractivity contribution in [2.24, 2.45) is 11.8 Å². The molecule has 0 aromatic carbocycles. The van der Waals surface area contributed by atoms with Gasteiger partial charge in [-0.05, 0) is 35.2 Å². The molecule has 0 saturated heterocycles. The van der Waals surface area contributed by atoms with E-state index in [-0.39, 0.29) is 6.04 Å². The van der Waals surface area contributed by atoms with Gasteiger partial charge in [0.25, 0.3) is 0 Å². The number of rotatable bonds is 6. The Bertz CT molecular complexity index is 324. The number of nitrogens with zero attached hydrogens (tertiary/aromatic N) is 2. The van der Waals surface area contributed by atoms with E-state index in [0.29, 0.717) is 5.92 Å². The van der Waals surface area contributed by atoms with Gasteiger partial charge in [-0.15, -0.1) is 0 Å². The first-order chi connectivity index (χ1) is 7.63. The zero-order chi connectivity index (χ0) is 12.1. The summed E-state index contributed by atoms with van der Waals surface area (Å²) >= 11 is 3.53. The zero-order valence-corrected chi connectivity index (χ0v) is 11.8. The average molecular weight is 289 g/mol. The van der Waals surface area contributed by atoms with Crippen molar-refractivity contribution in [3.63, 3.8) is 0 Å². The number of nitrogens with two attached hydrogens (primary N) is 1. The third-order valence-corrected chi connectivity index (χ3v) is 3.61. The molecular formula is C11H21BrN4. The van der Waals surface area contributed by atoms with Crippen molar-refractivity contribution in [1.29, 1.82) is 0 Å². The molecule has 1 rings (SSSR count). The van der Waals surface area contributed by atoms with Gasteiger partial charge >= 0.3 is 0 Å². The Labute approximate surface area is 106 Å². The van der Waals surface area contributed by atoms with Gasteiger partial charge in [-0.2, -0.15) is 5.10 Å². The normalized spacial score (nSPS) is 15.1. The third kappa shape index (κ3) is 3.06. The summed E-state index contributed by atoms with van der Waals surface area (Å²) in [5.41, 5.74) is 4.04. The largest absolute Gasteiger partial charge is 0.271 e. The Hall–Kier alpha value is -0.390. The molecule has 0 amide bonds. The van der Waals surface area contributed by atoms with Crippen LogP contribution in [0.25, 0.3) is 0 Å². The maximum Gasteiger partial charge on any atom is 0.0709 e. The molecule has 1 aromatic rings. The van der Waals surface area contributed by atoms with Gasteiger partial charge in [0, 0.05) is 6.54 Å². The van der Waals surface area contributed by atoms with Crippen molar-refractivity contribution in [3.05, 3.63) is 16.4 Å². The molecule has 0 aliphatic carbocycles. The Balaban J connectivity index is 2.89. The molecule has 4 nitrogen and oxygen atoms in total. The minimum atomic E-state index is 0.159. The predicted molar refractivity (Wildman–Crippen MR) is 69.7 cm³/mol. The number of hydrazine groups is 1. The van der Waals surface area contributed by atoms with Crippen molar-refractivity contribution in [3.8, 4) is 0 Å². The first-order valence-electron chi connectivity index (χ1n) is 5.81. The summed E-state index contributed by atoms with van der Waals surface area (Å²) in [4.78, 5) is 0. The van der Waals surface area contributed by atoms with Crippen LogP contribution >= 0.6 is 15.9 Å². The van der Waals surface area contributed by atoms with E-state index in [2.05, 4.69) is 47.2 Å². The molecule has 92 valence electrons. The van der Waals surface area contributed by atoms with E-state index in [1.807, 2.05) is 10.9 Å². The van der Waals surface area contributed by atoms with Gasteiger partial charge in [-0.25, -0.2) is 0 Å². The highest BCUT2D eigenvalue weighted by Crippen LogP contribution is 2.28. The van der Waals surface area contributed by atoms with E-state index in [0.717, 1.165) is 29.6 Å². The monoisotopic (exact) mass is 288 g/mol. The van der Waals surface area contributed by atoms with E-state index in [9.17, 15) is 0 Å². The summed E-state index contributed by atoms with van der Waals surface area (Å²) in [6.45, 7) is 7.38. The van der Waals surface area contributed by atoms with Crippen molar-refractivity contribution in [2.45, 2.75) is 46.2 Å². The first-order valence-corrected chi connectivity index (χ1v) is 6.60. The zero-order valence-electron chi connectivity index (χ0n) is 10.2. The Morgan fingerprint density at radius 2 is 2.25 bits per heavy atom. The van der Waals surface area contributed by atoms with Crippen LogP contribution in [0.5, 0.6) is 0 Å². The Morgan fingerprint density at radius 1 is 1.56 bits per heavy atom. The minimum Gasteiger partial charge on any atom is -0.271 e. The summed E-state index contributed by atoms with van der Waals surface area (Å²) in [5, 5.41) is 4.31. The van der Waals surface area contributed by atoms with Gasteiger partial charge in [-0.3, -0.25) is 16.0 Å². The summed E-state index contributed by atoms with van der Waals surface area (Å²) < 4.78 is 3.01. The van der Waals surface area contributed by atoms with Gasteiger partial charge in [0.15, 0.2) is 0 Å². The lowest BCUT2D eigenvalue weighted by Crippen LogP contribution is -2.31. The fourth-order valence-corrected chi connectivity index (χ4v) is 2.37. The summed E-state index contributed by atoms with van der Waals surface area (Å²) in [6, 6.07) is 0.159. The average Bonchev–Trinajstić information content (AvgIpc) is 2.67. The SMILES string of the molecule is CCC(C)CC(NN)c1c(Br)cnn1CC. The second kappa shape index (κ2) is 6.37. The Kier molecular flexibility index (Phi) is 5.44. The van der Waals surface area contributed by atoms with E-state index in [1.54, 1.807) is 0 Å². The van der Waals surface area contributed by atoms with Gasteiger partial charge in [0.05, 0.1) is 22.4 Å². The third-order valence-electron chi connectivity index (χ3n) is 3.00. The van der Waals surface area contributed by atoms with Crippen LogP contribution in [0.1, 0.15) is 45.3 Å². The lowest BCUT2D eigenvalue weighted by molar-refractivity contribution is 0.385. The molecule has 2 unspecified atom stereocenters. The molecule has 0 aliphatic heterocycles. The van der Waals surface area contributed by atoms with Gasteiger partial charge in [0.1, 0.15) is 0 Å². The molecule has 0 spiro atoms. The van der Waals surface area contributed by atoms with E-state index < -0.39 is 0 Å². The summed E-state index contributed by atoms with van der Waals surface area (Å²) in [7, 11) is 0. The van der Waals surface area contributed by atoms with Crippen LogP contribution in [-0.4, -0.2) is 9.78 Å². The Morgan fingerprint density at radius 3 is 2.75 bits per heavy atom. The molecule has 0 saturated carbocycles. The van der Waals surface area contributed by atoms with Gasteiger partial charge in [-0.1, -0.05) is 20.3 Å². The van der Waals surface area contributed by atoms with Crippen LogP contribution in [0.4, 0.5) is 0 Å². The van der Waals surface area contributed by atoms with Crippen molar-refractivity contribution in [2.75, 3.05) is 0 Å². The van der Waals surface area contributed by atoms with Crippen molar-refractivity contribution in [1.82, 2.24) is 15.2 Å². The molecule has 5 heteroatoms. The molecular weight excluding hydrogens is 268 g/mol. The number of aryl methyl sites for hydroxylation is 1. The highest BCUT2D eigenvalue weighted by Gasteiger charge is 2.20. The van der Waals surface area contributed by atoms with Crippen LogP contribution in [0.3, 0.4) is 0 Å². The van der Waals surface area contributed by atoms with Crippen LogP contribution < -0.4 is 11.3 Å². The van der Waals surface area contributed by atoms with Crippen LogP contribution in [0, 0.1) is 5.92 Å². The molecule has 0 fully saturated rings. The molecule has 0 bridgehead atoms. The maximum absolute atomic E-state index is 5.65. The lowest BCUT2D eigenvalue weighted by Gasteiger charge is -2.21. The smallest absolute Gasteiger partial charge is 0.0709 e. The van der Waals surface area contributed by atoms with Gasteiger partial charge < -0.3 is 0 Å². The molecule has 2 atom stereocenters. The van der Waals surface area contributed by atoms with Crippen LogP contribution in [-0.2, 0) is 6.54 Å². The topological polar surface area (TPSA) is 55.9 Å². The van der Waals surface area contributed by atoms with Gasteiger partial charge in [0.2, 0.25) is 0 Å². The van der Waals surface area contributed by atoms with E-state index in [4.69, 9.17) is 5.84 Å². The summed E-state index contributed by atoms with van der Waals surface area (Å²) in [6.07, 6.45) is 4.02. The number of hydrogen-bond donors (Lipinski definition) is 2. The molecule has 1 heterocycles. The molecule has 1 aromatic heterocycles. The highest BCUT2D eigenvalue weighted by molar-refractivity contribution is 9.10. The second-order valence-corrected chi connectivity index (χ2v) is 5.02. The van der Waals surface area contributed by atoms with Crippen molar-refractivity contribution >= 4 is 15.9 Å². The van der Waals surface area contributed by atoms with Crippen molar-refractivity contribution < 1.29 is 0 Å². The fraction of sp³-hybridized carbons (Fsp3) is 0.727. The van der Waals surface area contributed by atoms with Crippen LogP contribution in [0.15, 0.2) is 10.7 Å². The van der Waals surface area contributed by atoms with E-state index >= 15 is 0 Å². The maximum atomic E-state index is 5.65. The first kappa shape index (κ1) is 13.7. The number of aromatic nitrogens is 2. The number of halogens is 1. The number of hydrogen-bond acceptors (Lipinski definition) is 3. The highest BCUT2D eigenvalue weighted by atomic mass is 79.9. The number of nitrogens with one attached hydrogen (secondary N) is 1. The second-order valence-electron chi connectivity index (χ2n) is 4.16. The van der Waals surface area contributed by atoms with E-state index in [1.165, 1.54) is 0 Å². The van der Waals surface area contributed by atoms with Crippen LogP contribution in [0.2, 0.25) is 0 Å².